The molecule has 6 heterocycles. The van der Waals surface area contributed by atoms with Gasteiger partial charge in [0, 0.05) is 18.3 Å². The summed E-state index contributed by atoms with van der Waals surface area (Å²) in [6.45, 7) is 3.24. The van der Waals surface area contributed by atoms with E-state index >= 15 is 0 Å². The second-order valence-corrected chi connectivity index (χ2v) is 33.7. The van der Waals surface area contributed by atoms with Gasteiger partial charge in [-0.3, -0.25) is 19.2 Å². The van der Waals surface area contributed by atoms with Gasteiger partial charge in [0.1, 0.15) is 178 Å². The van der Waals surface area contributed by atoms with Crippen LogP contribution in [0.15, 0.2) is 120 Å². The number of ether oxygens (including phenoxy) is 12. The van der Waals surface area contributed by atoms with Gasteiger partial charge in [0.15, 0.2) is 31.4 Å². The van der Waals surface area contributed by atoms with Crippen LogP contribution < -0.4 is 21.7 Å². The molecule has 129 heavy (non-hydrogen) atoms. The lowest BCUT2D eigenvalue weighted by Crippen LogP contribution is -2.68. The molecule has 14 rings (SSSR count). The molecule has 4 aromatic carbocycles. The van der Waals surface area contributed by atoms with E-state index in [-0.39, 0.29) is 50.7 Å². The van der Waals surface area contributed by atoms with Crippen LogP contribution in [0.2, 0.25) is 0 Å². The van der Waals surface area contributed by atoms with Crippen LogP contribution in [-0.4, -0.2) is 414 Å². The molecule has 0 saturated carbocycles. The van der Waals surface area contributed by atoms with Crippen LogP contribution in [0.4, 0.5) is 0 Å². The number of esters is 2. The van der Waals surface area contributed by atoms with Gasteiger partial charge in [-0.1, -0.05) is 109 Å². The molecule has 6 saturated heterocycles. The fourth-order valence-electron chi connectivity index (χ4n) is 17.8. The summed E-state index contributed by atoms with van der Waals surface area (Å²) in [7, 11) is 0. The maximum Gasteiger partial charge on any atom is 0.306 e. The van der Waals surface area contributed by atoms with E-state index in [9.17, 15) is 132 Å². The monoisotopic (exact) mass is 1830 g/mol. The van der Waals surface area contributed by atoms with Gasteiger partial charge in [-0.25, -0.2) is 0 Å². The zero-order valence-corrected chi connectivity index (χ0v) is 70.5. The molecule has 6 aliphatic heterocycles. The Labute approximate surface area is 738 Å². The fourth-order valence-corrected chi connectivity index (χ4v) is 17.8. The van der Waals surface area contributed by atoms with E-state index in [1.165, 1.54) is 37.1 Å². The average Bonchev–Trinajstić information content (AvgIpc) is 1.72. The summed E-state index contributed by atoms with van der Waals surface area (Å²) < 4.78 is 67.3. The van der Waals surface area contributed by atoms with Crippen LogP contribution in [0.25, 0.3) is 22.3 Å². The van der Waals surface area contributed by atoms with Gasteiger partial charge in [0.05, 0.1) is 82.1 Å². The number of benzene rings is 4. The van der Waals surface area contributed by atoms with E-state index < -0.39 is 283 Å². The molecule has 28 N–H and O–H groups in total. The highest BCUT2D eigenvalue weighted by Gasteiger charge is 2.57. The minimum atomic E-state index is -1.99. The van der Waals surface area contributed by atoms with Gasteiger partial charge in [-0.05, 0) is 83.3 Å². The minimum absolute atomic E-state index is 0.0150. The van der Waals surface area contributed by atoms with Crippen LogP contribution in [0.1, 0.15) is 87.5 Å². The molecule has 4 aliphatic carbocycles. The first-order valence-corrected chi connectivity index (χ1v) is 42.5. The summed E-state index contributed by atoms with van der Waals surface area (Å²) >= 11 is 0. The van der Waals surface area contributed by atoms with Crippen molar-refractivity contribution in [2.24, 2.45) is 5.73 Å². The zero-order valence-electron chi connectivity index (χ0n) is 70.5. The quantitative estimate of drug-likeness (QED) is 0.0195. The number of nitrogens with two attached hydrogens (primary N) is 1. The maximum atomic E-state index is 12.9. The van der Waals surface area contributed by atoms with E-state index in [2.05, 4.69) is 28.1 Å². The Bertz CT molecular complexity index is 4350. The Kier molecular flexibility index (Phi) is 34.7. The van der Waals surface area contributed by atoms with Crippen LogP contribution >= 0.6 is 0 Å². The maximum absolute atomic E-state index is 12.9. The van der Waals surface area contributed by atoms with Crippen molar-refractivity contribution in [2.75, 3.05) is 39.6 Å². The predicted octanol–water partition coefficient (Wildman–Crippen LogP) is -8.64. The fraction of sp³-hybridized carbons (Fsp3) is 0.628. The molecule has 16 unspecified atom stereocenters. The van der Waals surface area contributed by atoms with Crippen molar-refractivity contribution < 1.29 is 193 Å². The van der Waals surface area contributed by atoms with Crippen molar-refractivity contribution in [3.63, 3.8) is 0 Å². The van der Waals surface area contributed by atoms with Gasteiger partial charge in [-0.15, -0.1) is 0 Å². The third kappa shape index (κ3) is 22.3. The number of aliphatic carboxylic acids is 1. The molecule has 10 aliphatic rings. The molecule has 0 spiro atoms. The summed E-state index contributed by atoms with van der Waals surface area (Å²) in [5.74, 6) is -3.02. The van der Waals surface area contributed by atoms with E-state index in [1.54, 1.807) is 13.8 Å². The number of carbonyl (C=O) groups is 4. The zero-order chi connectivity index (χ0) is 93.6. The molecular weight excluding hydrogens is 1710 g/mol. The Morgan fingerprint density at radius 2 is 0.674 bits per heavy atom. The summed E-state index contributed by atoms with van der Waals surface area (Å²) in [4.78, 5) is 47.8. The Hall–Kier alpha value is -7.16. The van der Waals surface area contributed by atoms with Gasteiger partial charge in [-0.2, -0.15) is 0 Å². The third-order valence-corrected chi connectivity index (χ3v) is 25.1. The molecule has 6 fully saturated rings. The van der Waals surface area contributed by atoms with Crippen molar-refractivity contribution in [3.05, 3.63) is 143 Å². The van der Waals surface area contributed by atoms with E-state index in [1.807, 2.05) is 84.9 Å². The lowest BCUT2D eigenvalue weighted by molar-refractivity contribution is -0.368. The average molecular weight is 1830 g/mol. The topological polar surface area (TPSA) is 706 Å². The van der Waals surface area contributed by atoms with Crippen LogP contribution in [0.3, 0.4) is 0 Å². The standard InChI is InChI=1S/C43H58N2O19.C25H44N2O16.C18H16O4/c1-17-13-24(31(51)33(53)30(17)50)44-29-18(2)60-42(37(57)32(29)52)63-40-26(15-47)62-43(38(58)35(40)55)64-39-25(14-46)61-41(36(56)34(39)54)45-27(48)11-12-28(49)59-16-23-21-9-5-3-7-19(21)20-8-4-6-10-22(20)23;1-6-3-8(13(31)15(33)12(6)30)27-11-7(2)39-24(19(37)14(11)32)42-22-10(5-29)41-25(20(38)17(22)35)43-21-9(4-28)40-23(26)18(36)16(21)34;19-17(20)9-10-18(21)22-11-16-14-7-3-1-5-12(14)13-6-2-4-8-15(13)16/h3-10,13,18,23-26,29-44,46-47,50-58H,11-12,14-16H2,1-2H3,(H,45,48);3,7-25,27-38H,4-5,26H2,1-2H3;1-8,16H,9-11H2,(H,19,20)/t18?,24-,25?,26?,29+,30-,31?,32+,33+,34-,35-,36?,37?,38?,39+,40+,41?,42+,43+;7?,8-,9?,10?,11+,12-,13?,14+,15+,16-,17-,18?,19?,20?,21+,22+,23?,24+,25+;/m00./s1. The molecule has 43 nitrogen and oxygen atoms in total. The number of rotatable bonds is 27. The molecule has 38 atom stereocenters. The lowest BCUT2D eigenvalue weighted by atomic mass is 9.87. The number of aliphatic hydroxyl groups is 22. The first-order valence-electron chi connectivity index (χ1n) is 42.5. The highest BCUT2D eigenvalue weighted by atomic mass is 16.8. The van der Waals surface area contributed by atoms with Gasteiger partial charge < -0.3 is 196 Å². The summed E-state index contributed by atoms with van der Waals surface area (Å²) in [5, 5.41) is 248. The largest absolute Gasteiger partial charge is 0.481 e. The Balaban J connectivity index is 0.000000198. The smallest absolute Gasteiger partial charge is 0.306 e. The van der Waals surface area contributed by atoms with Crippen LogP contribution in [0.5, 0.6) is 0 Å². The first kappa shape index (κ1) is 101. The van der Waals surface area contributed by atoms with E-state index in [0.717, 1.165) is 33.4 Å². The number of nitrogens with one attached hydrogen (secondary N) is 3. The molecule has 4 aromatic rings. The number of hydrogen-bond acceptors (Lipinski definition) is 41. The molecule has 716 valence electrons. The normalized spacial score (nSPS) is 39.6. The number of carboxylic acids is 1. The van der Waals surface area contributed by atoms with Crippen molar-refractivity contribution in [2.45, 2.75) is 298 Å². The highest BCUT2D eigenvalue weighted by molar-refractivity contribution is 5.83. The van der Waals surface area contributed by atoms with E-state index in [0.29, 0.717) is 11.1 Å². The first-order chi connectivity index (χ1) is 61.4. The van der Waals surface area contributed by atoms with Crippen LogP contribution in [-0.2, 0) is 76.0 Å². The highest BCUT2D eigenvalue weighted by Crippen LogP contribution is 2.47. The van der Waals surface area contributed by atoms with Crippen molar-refractivity contribution in [3.8, 4) is 22.3 Å². The van der Waals surface area contributed by atoms with Gasteiger partial charge in [0.2, 0.25) is 5.91 Å². The Morgan fingerprint density at radius 1 is 0.364 bits per heavy atom. The molecule has 0 radical (unpaired) electrons. The minimum Gasteiger partial charge on any atom is -0.481 e. The number of aliphatic hydroxyl groups excluding tert-OH is 22. The summed E-state index contributed by atoms with van der Waals surface area (Å²) in [5.41, 5.74) is 15.1. The SMILES string of the molecule is CC1=C[C@H](N[C@@H]2C(C)O[C@H](O[C@@H]3C(CO)O[C@H](O[C@@H]4C(CO)OC(N)C(O)[C@@H]4O)C(O)[C@@H]3O)C(O)[C@@H]2O)C(O)[C@H](O)[C@H]1O.CC1=C[C@H](N[C@@H]2C(C)O[C@H](O[C@@H]3C(CO)O[C@H](O[C@@H]4C(CO)OC(NC(=O)CCC(=O)OCC5c6ccccc6-c6ccccc65)C(O)[C@@H]4O)C(O)[C@@H]3O)C(O)[C@@H]2O)C(O)[C@H](O)[C@H]1O.O=C(O)CCC(=O)OCC1c2ccccc2-c2ccccc21. The van der Waals surface area contributed by atoms with Crippen molar-refractivity contribution in [1.82, 2.24) is 16.0 Å². The van der Waals surface area contributed by atoms with Crippen molar-refractivity contribution >= 4 is 23.8 Å². The van der Waals surface area contributed by atoms with E-state index in [4.69, 9.17) is 67.7 Å². The molecule has 0 bridgehead atoms. The van der Waals surface area contributed by atoms with Crippen LogP contribution in [0, 0.1) is 0 Å². The third-order valence-electron chi connectivity index (χ3n) is 25.1. The van der Waals surface area contributed by atoms with Gasteiger partial charge in [0.25, 0.3) is 0 Å². The molecule has 1 amide bonds. The summed E-state index contributed by atoms with van der Waals surface area (Å²) in [6.07, 6.45) is -51.4. The molecule has 0 aromatic heterocycles. The number of hydrogen-bond donors (Lipinski definition) is 27. The number of carbonyl (C=O) groups excluding carboxylic acids is 3. The number of fused-ring (bicyclic) bond motifs is 6. The second-order valence-electron chi connectivity index (χ2n) is 33.7. The Morgan fingerprint density at radius 3 is 1.03 bits per heavy atom. The van der Waals surface area contributed by atoms with Crippen molar-refractivity contribution in [1.29, 1.82) is 0 Å². The number of amides is 1. The predicted molar refractivity (Wildman–Crippen MR) is 436 cm³/mol. The molecule has 43 heteroatoms. The van der Waals surface area contributed by atoms with Gasteiger partial charge >= 0.3 is 17.9 Å². The second kappa shape index (κ2) is 44.3. The number of carboxylic acid groups (broad SMARTS) is 1. The summed E-state index contributed by atoms with van der Waals surface area (Å²) in [6, 6.07) is 27.9. The molecular formula is C86H118N4O39. The lowest BCUT2D eigenvalue weighted by Gasteiger charge is -2.49.